The van der Waals surface area contributed by atoms with E-state index >= 15 is 0 Å². The molecule has 1 aromatic heterocycles. The molecule has 0 spiro atoms. The van der Waals surface area contributed by atoms with Crippen molar-refractivity contribution in [3.8, 4) is 0 Å². The summed E-state index contributed by atoms with van der Waals surface area (Å²) in [6, 6.07) is 2.65. The van der Waals surface area contributed by atoms with Crippen molar-refractivity contribution in [3.63, 3.8) is 0 Å². The number of hydrogen-bond donors (Lipinski definition) is 2. The third-order valence-electron chi connectivity index (χ3n) is 1.20. The molecular weight excluding hydrogens is 261 g/mol. The van der Waals surface area contributed by atoms with Crippen LogP contribution in [-0.4, -0.2) is 9.97 Å². The molecule has 0 fully saturated rings. The molecule has 0 aliphatic heterocycles. The minimum atomic E-state index is -0.572. The highest BCUT2D eigenvalue weighted by Crippen LogP contribution is 2.11. The zero-order valence-electron chi connectivity index (χ0n) is 6.24. The largest absolute Gasteiger partial charge is 0.295 e. The summed E-state index contributed by atoms with van der Waals surface area (Å²) in [5.74, 6) is -0.572. The molecule has 0 amide bonds. The van der Waals surface area contributed by atoms with Crippen molar-refractivity contribution in [3.05, 3.63) is 33.2 Å². The lowest BCUT2D eigenvalue weighted by atomic mass is 10.3. The number of rotatable bonds is 2. The quantitative estimate of drug-likeness (QED) is 0.369. The molecule has 0 saturated carbocycles. The van der Waals surface area contributed by atoms with Crippen molar-refractivity contribution >= 4 is 32.5 Å². The van der Waals surface area contributed by atoms with Gasteiger partial charge in [0.1, 0.15) is 10.3 Å². The molecule has 7 heteroatoms. The van der Waals surface area contributed by atoms with E-state index in [9.17, 15) is 9.30 Å². The molecule has 4 nitrogen and oxygen atoms in total. The fourth-order valence-corrected chi connectivity index (χ4v) is 1.34. The van der Waals surface area contributed by atoms with Crippen molar-refractivity contribution in [1.29, 1.82) is 0 Å². The van der Waals surface area contributed by atoms with Crippen LogP contribution in [0.2, 0.25) is 0 Å². The summed E-state index contributed by atoms with van der Waals surface area (Å²) >= 11 is 3.03. The third kappa shape index (κ3) is 2.64. The number of aromatic nitrogens is 1. The molecule has 0 atom stereocenters. The molecule has 13 heavy (non-hydrogen) atoms. The first-order valence-electron chi connectivity index (χ1n) is 3.13. The molecular formula is C6H5BrFN3OS. The average Bonchev–Trinajstić information content (AvgIpc) is 2.09. The number of nitrogens with zero attached hydrogens (tertiary/aromatic N) is 2. The second-order valence-electron chi connectivity index (χ2n) is 2.03. The minimum absolute atomic E-state index is 0.00574. The summed E-state index contributed by atoms with van der Waals surface area (Å²) in [5.41, 5.74) is 5.32. The molecule has 0 aromatic carbocycles. The maximum Gasteiger partial charge on any atom is 0.151 e. The number of halogens is 2. The van der Waals surface area contributed by atoms with Crippen molar-refractivity contribution in [2.24, 2.45) is 10.3 Å². The second-order valence-corrected chi connectivity index (χ2v) is 3.69. The standard InChI is InChI=1S/C6H5BrFN3OS/c7-4-2-1-3(8)5(10-4)6(9)13-11-12/h1-2,13H,9H2. The van der Waals surface area contributed by atoms with E-state index in [4.69, 9.17) is 5.73 Å². The Labute approximate surface area is 85.5 Å². The van der Waals surface area contributed by atoms with E-state index in [0.717, 1.165) is 0 Å². The second kappa shape index (κ2) is 4.54. The molecule has 0 radical (unpaired) electrons. The maximum absolute atomic E-state index is 13.0. The lowest BCUT2D eigenvalue weighted by Crippen LogP contribution is -2.15. The van der Waals surface area contributed by atoms with Crippen LogP contribution in [0.4, 0.5) is 4.39 Å². The van der Waals surface area contributed by atoms with E-state index in [1.165, 1.54) is 12.1 Å². The van der Waals surface area contributed by atoms with Gasteiger partial charge in [-0.2, -0.15) is 0 Å². The lowest BCUT2D eigenvalue weighted by molar-refractivity contribution is 0.617. The fraction of sp³-hybridized carbons (Fsp3) is 0. The van der Waals surface area contributed by atoms with Gasteiger partial charge in [-0.15, -0.1) is 4.91 Å². The average molecular weight is 266 g/mol. The predicted molar refractivity (Wildman–Crippen MR) is 55.0 cm³/mol. The van der Waals surface area contributed by atoms with Crippen LogP contribution >= 0.6 is 27.5 Å². The van der Waals surface area contributed by atoms with Gasteiger partial charge in [-0.3, -0.25) is 5.73 Å². The first-order chi connectivity index (χ1) is 6.15. The van der Waals surface area contributed by atoms with Gasteiger partial charge in [0.15, 0.2) is 5.82 Å². The van der Waals surface area contributed by atoms with Crippen molar-refractivity contribution < 1.29 is 4.39 Å². The Bertz CT molecular complexity index is 371. The van der Waals surface area contributed by atoms with Crippen LogP contribution in [0.3, 0.4) is 0 Å². The van der Waals surface area contributed by atoms with Crippen LogP contribution in [0.15, 0.2) is 21.3 Å². The van der Waals surface area contributed by atoms with E-state index in [-0.39, 0.29) is 22.2 Å². The van der Waals surface area contributed by atoms with E-state index in [1.54, 1.807) is 0 Å². The summed E-state index contributed by atoms with van der Waals surface area (Å²) in [5, 5.41) is 0. The molecule has 0 unspecified atom stereocenters. The monoisotopic (exact) mass is 265 g/mol. The smallest absolute Gasteiger partial charge is 0.151 e. The van der Waals surface area contributed by atoms with Crippen LogP contribution in [0, 0.1) is 10.7 Å². The SMILES string of the molecule is NC(=[SH]N=O)c1nc(Br)ccc1F. The minimum Gasteiger partial charge on any atom is -0.295 e. The van der Waals surface area contributed by atoms with Crippen LogP contribution in [0.1, 0.15) is 5.69 Å². The maximum atomic E-state index is 13.0. The van der Waals surface area contributed by atoms with Crippen LogP contribution in [0.25, 0.3) is 0 Å². The van der Waals surface area contributed by atoms with E-state index in [1.807, 2.05) is 0 Å². The Kier molecular flexibility index (Phi) is 3.64. The number of pyridine rings is 1. The first-order valence-corrected chi connectivity index (χ1v) is 4.77. The highest BCUT2D eigenvalue weighted by molar-refractivity contribution is 9.10. The highest BCUT2D eigenvalue weighted by atomic mass is 79.9. The topological polar surface area (TPSA) is 68.3 Å². The zero-order valence-corrected chi connectivity index (χ0v) is 8.72. The van der Waals surface area contributed by atoms with E-state index in [2.05, 4.69) is 25.5 Å². The summed E-state index contributed by atoms with van der Waals surface area (Å²) in [6.07, 6.45) is 0. The molecule has 0 saturated heterocycles. The summed E-state index contributed by atoms with van der Waals surface area (Å²) in [4.78, 5) is 13.6. The molecule has 0 bridgehead atoms. The van der Waals surface area contributed by atoms with Gasteiger partial charge in [0.25, 0.3) is 0 Å². The summed E-state index contributed by atoms with van der Waals surface area (Å²) < 4.78 is 16.0. The molecule has 70 valence electrons. The van der Waals surface area contributed by atoms with Gasteiger partial charge < -0.3 is 0 Å². The summed E-state index contributed by atoms with van der Waals surface area (Å²) in [7, 11) is 0. The molecule has 0 aliphatic rings. The Balaban J connectivity index is 3.20. The fourth-order valence-electron chi connectivity index (χ4n) is 0.689. The molecule has 1 heterocycles. The van der Waals surface area contributed by atoms with E-state index < -0.39 is 5.82 Å². The first kappa shape index (κ1) is 10.4. The van der Waals surface area contributed by atoms with Gasteiger partial charge in [0.05, 0.1) is 4.99 Å². The van der Waals surface area contributed by atoms with Crippen molar-refractivity contribution in [1.82, 2.24) is 4.98 Å². The normalized spacial score (nSPS) is 12.1. The Morgan fingerprint density at radius 3 is 3.00 bits per heavy atom. The Hall–Kier alpha value is -0.660. The number of hydrogen-bond acceptors (Lipinski definition) is 3. The van der Waals surface area contributed by atoms with Gasteiger partial charge in [-0.05, 0) is 44.2 Å². The van der Waals surface area contributed by atoms with E-state index in [0.29, 0.717) is 4.60 Å². The van der Waals surface area contributed by atoms with Gasteiger partial charge in [0.2, 0.25) is 0 Å². The molecule has 2 N–H and O–H groups in total. The van der Waals surface area contributed by atoms with Crippen LogP contribution in [-0.2, 0) is 0 Å². The van der Waals surface area contributed by atoms with Crippen LogP contribution in [0.5, 0.6) is 0 Å². The lowest BCUT2D eigenvalue weighted by Gasteiger charge is -2.00. The highest BCUT2D eigenvalue weighted by Gasteiger charge is 2.06. The summed E-state index contributed by atoms with van der Waals surface area (Å²) in [6.45, 7) is 0. The number of thiol groups is 1. The Morgan fingerprint density at radius 2 is 2.38 bits per heavy atom. The molecule has 0 aliphatic carbocycles. The molecule has 1 aromatic rings. The van der Waals surface area contributed by atoms with Crippen molar-refractivity contribution in [2.75, 3.05) is 0 Å². The molecule has 1 rings (SSSR count). The number of nitroso groups, excluding NO2 is 1. The van der Waals surface area contributed by atoms with Crippen LogP contribution < -0.4 is 5.73 Å². The van der Waals surface area contributed by atoms with Gasteiger partial charge in [-0.25, -0.2) is 9.37 Å². The van der Waals surface area contributed by atoms with Gasteiger partial charge in [-0.1, -0.05) is 0 Å². The third-order valence-corrected chi connectivity index (χ3v) is 2.15. The van der Waals surface area contributed by atoms with Gasteiger partial charge >= 0.3 is 0 Å². The van der Waals surface area contributed by atoms with Crippen molar-refractivity contribution in [2.45, 2.75) is 0 Å². The predicted octanol–water partition coefficient (Wildman–Crippen LogP) is 1.57. The number of nitrogens with two attached hydrogens (primary N) is 1. The zero-order chi connectivity index (χ0) is 9.84. The Morgan fingerprint density at radius 1 is 1.69 bits per heavy atom. The van der Waals surface area contributed by atoms with Gasteiger partial charge in [0, 0.05) is 0 Å².